The van der Waals surface area contributed by atoms with Gasteiger partial charge in [0, 0.05) is 5.92 Å². The van der Waals surface area contributed by atoms with Gasteiger partial charge in [0.2, 0.25) is 0 Å². The van der Waals surface area contributed by atoms with Crippen molar-refractivity contribution in [2.45, 2.75) is 71.2 Å². The maximum Gasteiger partial charge on any atom is 0.0658 e. The van der Waals surface area contributed by atoms with Gasteiger partial charge in [0.05, 0.1) is 17.8 Å². The maximum absolute atomic E-state index is 10.7. The molecule has 3 nitrogen and oxygen atoms in total. The van der Waals surface area contributed by atoms with Gasteiger partial charge in [-0.05, 0) is 49.9 Å². The Bertz CT molecular complexity index is 313. The van der Waals surface area contributed by atoms with Crippen LogP contribution in [-0.2, 0) is 0 Å². The molecule has 18 heavy (non-hydrogen) atoms. The van der Waals surface area contributed by atoms with E-state index in [9.17, 15) is 15.3 Å². The third-order valence-corrected chi connectivity index (χ3v) is 5.63. The summed E-state index contributed by atoms with van der Waals surface area (Å²) in [6, 6.07) is 0. The molecule has 0 heterocycles. The number of aliphatic hydroxyl groups is 3. The van der Waals surface area contributed by atoms with Gasteiger partial charge >= 0.3 is 0 Å². The lowest BCUT2D eigenvalue weighted by atomic mass is 9.58. The molecule has 2 rings (SSSR count). The quantitative estimate of drug-likeness (QED) is 0.707. The first-order valence-corrected chi connectivity index (χ1v) is 7.28. The van der Waals surface area contributed by atoms with Gasteiger partial charge in [-0.2, -0.15) is 0 Å². The van der Waals surface area contributed by atoms with Crippen LogP contribution in [0.15, 0.2) is 0 Å². The molecule has 2 fully saturated rings. The molecule has 0 saturated heterocycles. The van der Waals surface area contributed by atoms with Crippen molar-refractivity contribution in [3.05, 3.63) is 0 Å². The van der Waals surface area contributed by atoms with Gasteiger partial charge in [-0.1, -0.05) is 20.8 Å². The number of hydrogen-bond acceptors (Lipinski definition) is 3. The van der Waals surface area contributed by atoms with E-state index in [2.05, 4.69) is 6.92 Å². The highest BCUT2D eigenvalue weighted by atomic mass is 16.3. The van der Waals surface area contributed by atoms with Crippen LogP contribution in [0, 0.1) is 23.2 Å². The van der Waals surface area contributed by atoms with Gasteiger partial charge < -0.3 is 15.3 Å². The molecule has 0 aromatic rings. The molecule has 0 aliphatic heterocycles. The summed E-state index contributed by atoms with van der Waals surface area (Å²) in [5.41, 5.74) is -0.993. The van der Waals surface area contributed by atoms with Crippen LogP contribution in [0.2, 0.25) is 0 Å². The fourth-order valence-corrected chi connectivity index (χ4v) is 4.61. The summed E-state index contributed by atoms with van der Waals surface area (Å²) < 4.78 is 0. The standard InChI is InChI=1S/C15H28O3/c1-9(2)12(17)10-5-7-14(3)11(16)6-8-15(4,18)13(10)14/h9-13,16-18H,5-8H2,1-4H3/t10?,11-,12+,13-,14+,15-/m1/s1. The van der Waals surface area contributed by atoms with E-state index in [1.54, 1.807) is 0 Å². The molecule has 2 saturated carbocycles. The van der Waals surface area contributed by atoms with Crippen molar-refractivity contribution in [3.63, 3.8) is 0 Å². The van der Waals surface area contributed by atoms with Crippen LogP contribution in [0.4, 0.5) is 0 Å². The molecule has 0 amide bonds. The first kappa shape index (κ1) is 14.3. The van der Waals surface area contributed by atoms with Gasteiger partial charge in [0.25, 0.3) is 0 Å². The monoisotopic (exact) mass is 256 g/mol. The van der Waals surface area contributed by atoms with Crippen LogP contribution < -0.4 is 0 Å². The molecule has 2 aliphatic carbocycles. The molecule has 1 unspecified atom stereocenters. The highest BCUT2D eigenvalue weighted by molar-refractivity contribution is 5.09. The van der Waals surface area contributed by atoms with E-state index in [0.29, 0.717) is 12.8 Å². The molecule has 0 radical (unpaired) electrons. The summed E-state index contributed by atoms with van der Waals surface area (Å²) >= 11 is 0. The minimum absolute atomic E-state index is 0.00569. The predicted molar refractivity (Wildman–Crippen MR) is 71.0 cm³/mol. The Hall–Kier alpha value is -0.120. The van der Waals surface area contributed by atoms with Crippen molar-refractivity contribution in [1.82, 2.24) is 0 Å². The Morgan fingerprint density at radius 2 is 1.72 bits per heavy atom. The lowest BCUT2D eigenvalue weighted by Crippen LogP contribution is -2.55. The molecule has 0 aromatic carbocycles. The highest BCUT2D eigenvalue weighted by Crippen LogP contribution is 2.59. The fraction of sp³-hybridized carbons (Fsp3) is 1.00. The number of fused-ring (bicyclic) bond motifs is 1. The van der Waals surface area contributed by atoms with E-state index >= 15 is 0 Å². The van der Waals surface area contributed by atoms with Crippen molar-refractivity contribution < 1.29 is 15.3 Å². The minimum atomic E-state index is -0.759. The van der Waals surface area contributed by atoms with Crippen LogP contribution in [0.5, 0.6) is 0 Å². The number of aliphatic hydroxyl groups excluding tert-OH is 2. The third kappa shape index (κ3) is 2.00. The highest BCUT2D eigenvalue weighted by Gasteiger charge is 2.60. The molecular formula is C15H28O3. The van der Waals surface area contributed by atoms with Crippen LogP contribution in [0.3, 0.4) is 0 Å². The second-order valence-corrected chi connectivity index (χ2v) is 7.33. The first-order chi connectivity index (χ1) is 8.20. The largest absolute Gasteiger partial charge is 0.393 e. The Balaban J connectivity index is 2.32. The van der Waals surface area contributed by atoms with Gasteiger partial charge in [0.15, 0.2) is 0 Å². The van der Waals surface area contributed by atoms with E-state index in [4.69, 9.17) is 0 Å². The summed E-state index contributed by atoms with van der Waals surface area (Å²) in [5, 5.41) is 31.4. The van der Waals surface area contributed by atoms with E-state index < -0.39 is 5.60 Å². The van der Waals surface area contributed by atoms with Crippen molar-refractivity contribution in [3.8, 4) is 0 Å². The third-order valence-electron chi connectivity index (χ3n) is 5.63. The average Bonchev–Trinajstić information content (AvgIpc) is 2.64. The summed E-state index contributed by atoms with van der Waals surface area (Å²) in [7, 11) is 0. The van der Waals surface area contributed by atoms with Gasteiger partial charge in [-0.25, -0.2) is 0 Å². The molecule has 3 N–H and O–H groups in total. The van der Waals surface area contributed by atoms with Gasteiger partial charge in [-0.15, -0.1) is 0 Å². The molecule has 6 atom stereocenters. The van der Waals surface area contributed by atoms with Crippen LogP contribution in [-0.4, -0.2) is 33.1 Å². The van der Waals surface area contributed by atoms with Crippen molar-refractivity contribution in [2.75, 3.05) is 0 Å². The summed E-state index contributed by atoms with van der Waals surface area (Å²) in [6.07, 6.45) is 2.40. The molecule has 3 heteroatoms. The summed E-state index contributed by atoms with van der Waals surface area (Å²) in [6.45, 7) is 8.01. The van der Waals surface area contributed by atoms with Crippen LogP contribution in [0.1, 0.15) is 53.4 Å². The lowest BCUT2D eigenvalue weighted by Gasteiger charge is -2.51. The fourth-order valence-electron chi connectivity index (χ4n) is 4.61. The zero-order valence-electron chi connectivity index (χ0n) is 12.1. The molecule has 0 bridgehead atoms. The lowest BCUT2D eigenvalue weighted by molar-refractivity contribution is -0.161. The summed E-state index contributed by atoms with van der Waals surface area (Å²) in [4.78, 5) is 0. The Morgan fingerprint density at radius 1 is 1.11 bits per heavy atom. The molecular weight excluding hydrogens is 228 g/mol. The summed E-state index contributed by atoms with van der Waals surface area (Å²) in [5.74, 6) is 0.318. The second-order valence-electron chi connectivity index (χ2n) is 7.33. The zero-order chi connectivity index (χ0) is 13.7. The van der Waals surface area contributed by atoms with Crippen molar-refractivity contribution >= 4 is 0 Å². The molecule has 0 aromatic heterocycles. The van der Waals surface area contributed by atoms with E-state index in [-0.39, 0.29) is 35.4 Å². The van der Waals surface area contributed by atoms with E-state index in [1.807, 2.05) is 20.8 Å². The van der Waals surface area contributed by atoms with Crippen LogP contribution in [0.25, 0.3) is 0 Å². The maximum atomic E-state index is 10.7. The van der Waals surface area contributed by atoms with Crippen LogP contribution >= 0.6 is 0 Å². The smallest absolute Gasteiger partial charge is 0.0658 e. The normalized spacial score (nSPS) is 50.3. The molecule has 0 spiro atoms. The van der Waals surface area contributed by atoms with E-state index in [0.717, 1.165) is 12.8 Å². The Labute approximate surface area is 110 Å². The number of rotatable bonds is 2. The number of hydrogen-bond donors (Lipinski definition) is 3. The SMILES string of the molecule is CC(C)[C@H](O)C1CC[C@@]2(C)[C@H](O)CC[C@@](C)(O)[C@H]12. The van der Waals surface area contributed by atoms with Crippen molar-refractivity contribution in [1.29, 1.82) is 0 Å². The van der Waals surface area contributed by atoms with Crippen molar-refractivity contribution in [2.24, 2.45) is 23.2 Å². The minimum Gasteiger partial charge on any atom is -0.393 e. The second kappa shape index (κ2) is 4.46. The van der Waals surface area contributed by atoms with E-state index in [1.165, 1.54) is 0 Å². The Kier molecular flexibility index (Phi) is 3.54. The predicted octanol–water partition coefficient (Wildman–Crippen LogP) is 1.94. The topological polar surface area (TPSA) is 60.7 Å². The first-order valence-electron chi connectivity index (χ1n) is 7.28. The van der Waals surface area contributed by atoms with Gasteiger partial charge in [-0.3, -0.25) is 0 Å². The zero-order valence-corrected chi connectivity index (χ0v) is 12.1. The molecule has 2 aliphatic rings. The van der Waals surface area contributed by atoms with Gasteiger partial charge in [0.1, 0.15) is 0 Å². The molecule has 106 valence electrons. The Morgan fingerprint density at radius 3 is 2.28 bits per heavy atom. The average molecular weight is 256 g/mol.